The Balaban J connectivity index is 1.54. The Labute approximate surface area is 192 Å². The lowest BCUT2D eigenvalue weighted by atomic mass is 10.1. The lowest BCUT2D eigenvalue weighted by Crippen LogP contribution is -2.29. The van der Waals surface area contributed by atoms with Crippen LogP contribution in [-0.2, 0) is 14.6 Å². The number of ether oxygens (including phenoxy) is 1. The molecule has 184 valence electrons. The van der Waals surface area contributed by atoms with Gasteiger partial charge in [-0.1, -0.05) is 19.8 Å². The molecule has 33 heavy (non-hydrogen) atoms. The topological polar surface area (TPSA) is 139 Å². The predicted molar refractivity (Wildman–Crippen MR) is 118 cm³/mol. The molecule has 0 bridgehead atoms. The first-order valence-electron chi connectivity index (χ1n) is 11.4. The first-order valence-corrected chi connectivity index (χ1v) is 13.2. The van der Waals surface area contributed by atoms with Gasteiger partial charge >= 0.3 is 6.03 Å². The van der Waals surface area contributed by atoms with E-state index in [-0.39, 0.29) is 42.3 Å². The van der Waals surface area contributed by atoms with Crippen molar-refractivity contribution >= 4 is 21.8 Å². The van der Waals surface area contributed by atoms with Gasteiger partial charge in [-0.2, -0.15) is 9.37 Å². The van der Waals surface area contributed by atoms with Gasteiger partial charge in [0, 0.05) is 12.5 Å². The Morgan fingerprint density at radius 3 is 2.61 bits per heavy atom. The van der Waals surface area contributed by atoms with Crippen LogP contribution < -0.4 is 15.6 Å². The van der Waals surface area contributed by atoms with Gasteiger partial charge in [-0.15, -0.1) is 0 Å². The van der Waals surface area contributed by atoms with Crippen LogP contribution in [0.2, 0.25) is 0 Å². The fraction of sp³-hybridized carbons (Fsp3) is 0.714. The molecule has 2 heterocycles. The fourth-order valence-electron chi connectivity index (χ4n) is 3.73. The van der Waals surface area contributed by atoms with Crippen LogP contribution in [0.5, 0.6) is 5.88 Å². The van der Waals surface area contributed by atoms with Gasteiger partial charge in [-0.3, -0.25) is 14.9 Å². The highest BCUT2D eigenvalue weighted by atomic mass is 32.2. The van der Waals surface area contributed by atoms with Crippen LogP contribution in [-0.4, -0.2) is 66.4 Å². The number of nitrogens with zero attached hydrogens (tertiary/aromatic N) is 2. The molecule has 1 aromatic heterocycles. The van der Waals surface area contributed by atoms with Crippen LogP contribution in [0.1, 0.15) is 63.6 Å². The van der Waals surface area contributed by atoms with E-state index in [9.17, 15) is 27.2 Å². The van der Waals surface area contributed by atoms with Crippen molar-refractivity contribution in [2.24, 2.45) is 5.92 Å². The maximum Gasteiger partial charge on any atom is 0.324 e. The second-order valence-electron chi connectivity index (χ2n) is 8.76. The Morgan fingerprint density at radius 1 is 1.21 bits per heavy atom. The van der Waals surface area contributed by atoms with Crippen molar-refractivity contribution in [3.8, 4) is 5.88 Å². The highest BCUT2D eigenvalue weighted by Crippen LogP contribution is 2.30. The second-order valence-corrected chi connectivity index (χ2v) is 11.0. The van der Waals surface area contributed by atoms with Crippen molar-refractivity contribution < 1.29 is 27.1 Å². The Hall–Kier alpha value is -2.50. The van der Waals surface area contributed by atoms with E-state index in [0.29, 0.717) is 44.6 Å². The summed E-state index contributed by atoms with van der Waals surface area (Å²) in [7, 11) is -3.47. The molecule has 1 aromatic rings. The molecule has 2 N–H and O–H groups in total. The molecule has 10 nitrogen and oxygen atoms in total. The van der Waals surface area contributed by atoms with Gasteiger partial charge in [0.25, 0.3) is 11.4 Å². The van der Waals surface area contributed by atoms with Crippen LogP contribution in [0.4, 0.5) is 9.18 Å². The van der Waals surface area contributed by atoms with E-state index in [1.54, 1.807) is 0 Å². The quantitative estimate of drug-likeness (QED) is 0.301. The van der Waals surface area contributed by atoms with E-state index in [4.69, 9.17) is 4.74 Å². The molecule has 3 rings (SSSR count). The van der Waals surface area contributed by atoms with Crippen molar-refractivity contribution in [3.63, 3.8) is 0 Å². The van der Waals surface area contributed by atoms with Gasteiger partial charge in [0.1, 0.15) is 12.4 Å². The summed E-state index contributed by atoms with van der Waals surface area (Å²) in [5, 5.41) is 2.20. The average molecular weight is 487 g/mol. The second kappa shape index (κ2) is 11.1. The van der Waals surface area contributed by atoms with E-state index < -0.39 is 33.2 Å². The fourth-order valence-corrected chi connectivity index (χ4v) is 5.48. The number of carbonyl (C=O) groups is 2. The van der Waals surface area contributed by atoms with Gasteiger partial charge in [-0.25, -0.2) is 13.2 Å². The minimum absolute atomic E-state index is 0.0328. The number of carbonyl (C=O) groups excluding carboxylic acids is 2. The smallest absolute Gasteiger partial charge is 0.324 e. The summed E-state index contributed by atoms with van der Waals surface area (Å²) in [6.07, 6.45) is 4.71. The predicted octanol–water partition coefficient (Wildman–Crippen LogP) is 1.72. The van der Waals surface area contributed by atoms with Crippen LogP contribution in [0.25, 0.3) is 0 Å². The molecule has 1 saturated carbocycles. The molecule has 2 fully saturated rings. The number of unbranched alkanes of at least 4 members (excludes halogenated alkanes) is 2. The van der Waals surface area contributed by atoms with Crippen molar-refractivity contribution in [1.29, 1.82) is 0 Å². The monoisotopic (exact) mass is 486 g/mol. The van der Waals surface area contributed by atoms with E-state index in [1.807, 2.05) is 6.92 Å². The van der Waals surface area contributed by atoms with E-state index in [0.717, 1.165) is 12.8 Å². The molecule has 0 aromatic carbocycles. The molecule has 1 atom stereocenters. The molecular formula is C21H31FN4O6S. The lowest BCUT2D eigenvalue weighted by Gasteiger charge is -2.17. The maximum absolute atomic E-state index is 14.1. The first kappa shape index (κ1) is 25.1. The Morgan fingerprint density at radius 2 is 1.97 bits per heavy atom. The van der Waals surface area contributed by atoms with Gasteiger partial charge in [0.15, 0.2) is 9.84 Å². The summed E-state index contributed by atoms with van der Waals surface area (Å²) in [4.78, 5) is 42.6. The number of hydrogen-bond acceptors (Lipinski definition) is 7. The summed E-state index contributed by atoms with van der Waals surface area (Å²) in [5.74, 6) is -2.15. The Bertz CT molecular complexity index is 1020. The number of imide groups is 1. The van der Waals surface area contributed by atoms with Crippen molar-refractivity contribution in [3.05, 3.63) is 22.0 Å². The number of sulfone groups is 1. The number of halogens is 1. The SMILES string of the molecule is CCCC(CS(=O)(=O)CCCCCN1CC(=O)NC1=O)c1nc(OCC2CC2)c(F)c(=O)[nH]1. The van der Waals surface area contributed by atoms with Crippen LogP contribution in [0.3, 0.4) is 0 Å². The number of urea groups is 1. The molecule has 1 aliphatic heterocycles. The number of hydrogen-bond donors (Lipinski definition) is 2. The van der Waals surface area contributed by atoms with Crippen molar-refractivity contribution in [2.45, 2.75) is 57.8 Å². The van der Waals surface area contributed by atoms with Crippen LogP contribution in [0, 0.1) is 11.7 Å². The number of aromatic amines is 1. The molecule has 2 aliphatic rings. The molecule has 1 saturated heterocycles. The Kier molecular flexibility index (Phi) is 8.44. The average Bonchev–Trinajstić information content (AvgIpc) is 3.51. The molecule has 0 spiro atoms. The molecular weight excluding hydrogens is 455 g/mol. The van der Waals surface area contributed by atoms with Gasteiger partial charge < -0.3 is 14.6 Å². The lowest BCUT2D eigenvalue weighted by molar-refractivity contribution is -0.118. The largest absolute Gasteiger partial charge is 0.475 e. The minimum Gasteiger partial charge on any atom is -0.475 e. The number of rotatable bonds is 14. The third kappa shape index (κ3) is 7.51. The zero-order chi connectivity index (χ0) is 24.0. The number of H-pyrrole nitrogens is 1. The van der Waals surface area contributed by atoms with Crippen molar-refractivity contribution in [1.82, 2.24) is 20.2 Å². The number of amides is 3. The van der Waals surface area contributed by atoms with Crippen molar-refractivity contribution in [2.75, 3.05) is 31.2 Å². The zero-order valence-electron chi connectivity index (χ0n) is 18.8. The molecule has 1 unspecified atom stereocenters. The molecule has 3 amide bonds. The summed E-state index contributed by atoms with van der Waals surface area (Å²) >= 11 is 0. The van der Waals surface area contributed by atoms with Gasteiger partial charge in [0.05, 0.1) is 18.1 Å². The van der Waals surface area contributed by atoms with Crippen LogP contribution in [0.15, 0.2) is 4.79 Å². The van der Waals surface area contributed by atoms with E-state index in [1.165, 1.54) is 4.90 Å². The summed E-state index contributed by atoms with van der Waals surface area (Å²) in [5.41, 5.74) is -0.964. The van der Waals surface area contributed by atoms with E-state index >= 15 is 0 Å². The standard InChI is InChI=1S/C21H31FN4O6S/c1-2-6-15(18-24-19(28)17(22)20(25-18)32-12-14-7-8-14)13-33(30,31)10-5-3-4-9-26-11-16(27)23-21(26)29/h14-15H,2-13H2,1H3,(H,23,27,29)(H,24,25,28). The minimum atomic E-state index is -3.47. The van der Waals surface area contributed by atoms with E-state index in [2.05, 4.69) is 15.3 Å². The number of aromatic nitrogens is 2. The molecule has 12 heteroatoms. The number of nitrogens with one attached hydrogen (secondary N) is 2. The first-order chi connectivity index (χ1) is 15.7. The third-order valence-corrected chi connectivity index (χ3v) is 7.55. The molecule has 1 aliphatic carbocycles. The summed E-state index contributed by atoms with van der Waals surface area (Å²) < 4.78 is 45.0. The third-order valence-electron chi connectivity index (χ3n) is 5.73. The highest BCUT2D eigenvalue weighted by Gasteiger charge is 2.28. The van der Waals surface area contributed by atoms with Gasteiger partial charge in [-0.05, 0) is 38.0 Å². The van der Waals surface area contributed by atoms with Gasteiger partial charge in [0.2, 0.25) is 11.7 Å². The summed E-state index contributed by atoms with van der Waals surface area (Å²) in [6, 6.07) is -0.420. The van der Waals surface area contributed by atoms with Crippen LogP contribution >= 0.6 is 0 Å². The normalized spacial score (nSPS) is 17.3. The summed E-state index contributed by atoms with van der Waals surface area (Å²) in [6.45, 7) is 2.60. The maximum atomic E-state index is 14.1. The highest BCUT2D eigenvalue weighted by molar-refractivity contribution is 7.91. The zero-order valence-corrected chi connectivity index (χ0v) is 19.6. The molecule has 0 radical (unpaired) electrons.